The van der Waals surface area contributed by atoms with Crippen LogP contribution >= 0.6 is 0 Å². The van der Waals surface area contributed by atoms with Crippen molar-refractivity contribution in [1.29, 1.82) is 0 Å². The zero-order valence-electron chi connectivity index (χ0n) is 9.96. The molecular weight excluding hydrogens is 244 g/mol. The third-order valence-corrected chi connectivity index (χ3v) is 2.37. The van der Waals surface area contributed by atoms with Crippen LogP contribution in [0.3, 0.4) is 0 Å². The van der Waals surface area contributed by atoms with Crippen molar-refractivity contribution >= 4 is 11.9 Å². The van der Waals surface area contributed by atoms with Crippen molar-refractivity contribution in [2.24, 2.45) is 0 Å². The molecule has 0 aromatic heterocycles. The van der Waals surface area contributed by atoms with Gasteiger partial charge in [0.25, 0.3) is 5.91 Å². The number of aryl methyl sites for hydroxylation is 1. The molecule has 1 amide bonds. The van der Waals surface area contributed by atoms with Gasteiger partial charge in [0.1, 0.15) is 17.2 Å². The van der Waals surface area contributed by atoms with E-state index in [2.05, 4.69) is 5.32 Å². The van der Waals surface area contributed by atoms with Crippen LogP contribution in [-0.4, -0.2) is 23.0 Å². The molecule has 1 aromatic rings. The molecule has 0 radical (unpaired) electrons. The van der Waals surface area contributed by atoms with Gasteiger partial charge in [-0.3, -0.25) is 9.59 Å². The monoisotopic (exact) mass is 257 g/mol. The second-order valence-electron chi connectivity index (χ2n) is 4.03. The highest BCUT2D eigenvalue weighted by molar-refractivity contribution is 5.95. The summed E-state index contributed by atoms with van der Waals surface area (Å²) in [5, 5.41) is 10.8. The summed E-state index contributed by atoms with van der Waals surface area (Å²) in [5.74, 6) is -3.97. The Morgan fingerprint density at radius 1 is 1.39 bits per heavy atom. The highest BCUT2D eigenvalue weighted by Gasteiger charge is 2.21. The number of hydrogen-bond acceptors (Lipinski definition) is 2. The lowest BCUT2D eigenvalue weighted by atomic mass is 10.1. The number of rotatable bonds is 4. The van der Waals surface area contributed by atoms with Gasteiger partial charge in [-0.05, 0) is 25.5 Å². The standard InChI is InChI=1S/C12H13F2NO3/c1-6-3-4-8(13)10(11(6)14)12(18)15-7(2)5-9(16)17/h3-4,7H,5H2,1-2H3,(H,15,18)(H,16,17). The number of carbonyl (C=O) groups excluding carboxylic acids is 1. The fourth-order valence-corrected chi connectivity index (χ4v) is 1.47. The molecule has 0 bridgehead atoms. The van der Waals surface area contributed by atoms with E-state index < -0.39 is 35.1 Å². The van der Waals surface area contributed by atoms with Crippen molar-refractivity contribution in [2.45, 2.75) is 26.3 Å². The Balaban J connectivity index is 2.91. The first kappa shape index (κ1) is 14.1. The minimum atomic E-state index is -1.10. The molecule has 1 atom stereocenters. The van der Waals surface area contributed by atoms with Gasteiger partial charge in [0.05, 0.1) is 6.42 Å². The summed E-state index contributed by atoms with van der Waals surface area (Å²) in [6.07, 6.45) is -0.319. The highest BCUT2D eigenvalue weighted by atomic mass is 19.1. The van der Waals surface area contributed by atoms with Gasteiger partial charge in [-0.25, -0.2) is 8.78 Å². The molecule has 1 aromatic carbocycles. The number of benzene rings is 1. The smallest absolute Gasteiger partial charge is 0.305 e. The number of aliphatic carboxylic acids is 1. The Kier molecular flexibility index (Phi) is 4.36. The molecule has 18 heavy (non-hydrogen) atoms. The quantitative estimate of drug-likeness (QED) is 0.865. The van der Waals surface area contributed by atoms with Gasteiger partial charge in [-0.15, -0.1) is 0 Å². The van der Waals surface area contributed by atoms with Crippen LogP contribution in [0, 0.1) is 18.6 Å². The Bertz CT molecular complexity index is 488. The minimum Gasteiger partial charge on any atom is -0.481 e. The molecule has 0 saturated heterocycles. The van der Waals surface area contributed by atoms with Crippen LogP contribution in [-0.2, 0) is 4.79 Å². The summed E-state index contributed by atoms with van der Waals surface area (Å²) in [6, 6.07) is 1.51. The first-order chi connectivity index (χ1) is 8.32. The van der Waals surface area contributed by atoms with E-state index in [1.165, 1.54) is 19.9 Å². The lowest BCUT2D eigenvalue weighted by molar-refractivity contribution is -0.137. The third kappa shape index (κ3) is 3.26. The van der Waals surface area contributed by atoms with E-state index in [0.29, 0.717) is 0 Å². The molecule has 1 unspecified atom stereocenters. The molecule has 6 heteroatoms. The van der Waals surface area contributed by atoms with Crippen LogP contribution in [0.1, 0.15) is 29.3 Å². The van der Waals surface area contributed by atoms with Crippen LogP contribution in [0.4, 0.5) is 8.78 Å². The topological polar surface area (TPSA) is 66.4 Å². The first-order valence-corrected chi connectivity index (χ1v) is 5.30. The summed E-state index contributed by atoms with van der Waals surface area (Å²) < 4.78 is 27.0. The SMILES string of the molecule is Cc1ccc(F)c(C(=O)NC(C)CC(=O)O)c1F. The summed E-state index contributed by atoms with van der Waals surface area (Å²) in [7, 11) is 0. The van der Waals surface area contributed by atoms with E-state index in [0.717, 1.165) is 6.07 Å². The molecule has 0 aliphatic rings. The fourth-order valence-electron chi connectivity index (χ4n) is 1.47. The predicted molar refractivity (Wildman–Crippen MR) is 60.3 cm³/mol. The van der Waals surface area contributed by atoms with Gasteiger partial charge in [0.15, 0.2) is 0 Å². The van der Waals surface area contributed by atoms with Gasteiger partial charge in [-0.1, -0.05) is 6.07 Å². The van der Waals surface area contributed by atoms with Crippen LogP contribution < -0.4 is 5.32 Å². The van der Waals surface area contributed by atoms with Gasteiger partial charge < -0.3 is 10.4 Å². The van der Waals surface area contributed by atoms with Crippen molar-refractivity contribution in [2.75, 3.05) is 0 Å². The lowest BCUT2D eigenvalue weighted by Gasteiger charge is -2.13. The van der Waals surface area contributed by atoms with Crippen molar-refractivity contribution < 1.29 is 23.5 Å². The first-order valence-electron chi connectivity index (χ1n) is 5.30. The molecule has 2 N–H and O–H groups in total. The van der Waals surface area contributed by atoms with Gasteiger partial charge in [0.2, 0.25) is 0 Å². The largest absolute Gasteiger partial charge is 0.481 e. The number of carboxylic acid groups (broad SMARTS) is 1. The van der Waals surface area contributed by atoms with Crippen molar-refractivity contribution in [3.8, 4) is 0 Å². The molecule has 0 heterocycles. The van der Waals surface area contributed by atoms with E-state index in [9.17, 15) is 18.4 Å². The second kappa shape index (κ2) is 5.57. The van der Waals surface area contributed by atoms with E-state index in [1.54, 1.807) is 0 Å². The average Bonchev–Trinajstić information content (AvgIpc) is 2.22. The Morgan fingerprint density at radius 3 is 2.56 bits per heavy atom. The molecule has 0 fully saturated rings. The molecule has 4 nitrogen and oxygen atoms in total. The second-order valence-corrected chi connectivity index (χ2v) is 4.03. The summed E-state index contributed by atoms with van der Waals surface area (Å²) in [4.78, 5) is 22.1. The number of nitrogens with one attached hydrogen (secondary N) is 1. The zero-order valence-corrected chi connectivity index (χ0v) is 9.96. The van der Waals surface area contributed by atoms with Crippen molar-refractivity contribution in [3.63, 3.8) is 0 Å². The van der Waals surface area contributed by atoms with Crippen molar-refractivity contribution in [3.05, 3.63) is 34.9 Å². The summed E-state index contributed by atoms with van der Waals surface area (Å²) in [6.45, 7) is 2.85. The zero-order chi connectivity index (χ0) is 13.9. The maximum atomic E-state index is 13.6. The van der Waals surface area contributed by atoms with Gasteiger partial charge in [-0.2, -0.15) is 0 Å². The predicted octanol–water partition coefficient (Wildman–Crippen LogP) is 1.87. The van der Waals surface area contributed by atoms with Crippen LogP contribution in [0.2, 0.25) is 0 Å². The number of carboxylic acids is 1. The fraction of sp³-hybridized carbons (Fsp3) is 0.333. The Labute approximate surface area is 103 Å². The maximum Gasteiger partial charge on any atom is 0.305 e. The van der Waals surface area contributed by atoms with E-state index in [1.807, 2.05) is 0 Å². The molecule has 0 aliphatic carbocycles. The normalized spacial score (nSPS) is 12.0. The number of hydrogen-bond donors (Lipinski definition) is 2. The van der Waals surface area contributed by atoms with Crippen LogP contribution in [0.5, 0.6) is 0 Å². The minimum absolute atomic E-state index is 0.146. The van der Waals surface area contributed by atoms with E-state index in [4.69, 9.17) is 5.11 Å². The van der Waals surface area contributed by atoms with Crippen molar-refractivity contribution in [1.82, 2.24) is 5.32 Å². The molecule has 98 valence electrons. The van der Waals surface area contributed by atoms with Crippen LogP contribution in [0.15, 0.2) is 12.1 Å². The Hall–Kier alpha value is -1.98. The van der Waals surface area contributed by atoms with Gasteiger partial charge in [0, 0.05) is 6.04 Å². The maximum absolute atomic E-state index is 13.6. The van der Waals surface area contributed by atoms with E-state index in [-0.39, 0.29) is 12.0 Å². The van der Waals surface area contributed by atoms with Gasteiger partial charge >= 0.3 is 5.97 Å². The van der Waals surface area contributed by atoms with E-state index >= 15 is 0 Å². The summed E-state index contributed by atoms with van der Waals surface area (Å²) >= 11 is 0. The van der Waals surface area contributed by atoms with Crippen LogP contribution in [0.25, 0.3) is 0 Å². The molecule has 1 rings (SSSR count). The molecule has 0 spiro atoms. The molecule has 0 saturated carbocycles. The molecular formula is C12H13F2NO3. The summed E-state index contributed by atoms with van der Waals surface area (Å²) in [5.41, 5.74) is -0.542. The average molecular weight is 257 g/mol. The highest BCUT2D eigenvalue weighted by Crippen LogP contribution is 2.16. The number of amides is 1. The molecule has 0 aliphatic heterocycles. The number of carbonyl (C=O) groups is 2. The Morgan fingerprint density at radius 2 is 2.00 bits per heavy atom. The third-order valence-electron chi connectivity index (χ3n) is 2.37. The number of halogens is 2. The lowest BCUT2D eigenvalue weighted by Crippen LogP contribution is -2.35.